The minimum absolute atomic E-state index is 0.166. The fourth-order valence-corrected chi connectivity index (χ4v) is 4.28. The predicted molar refractivity (Wildman–Crippen MR) is 126 cm³/mol. The molecular formula is C24H29F2N7O3. The molecule has 0 spiro atoms. The molecular weight excluding hydrogens is 472 g/mol. The number of aromatic nitrogens is 1. The number of benzene rings is 1. The molecule has 1 aliphatic heterocycles. The van der Waals surface area contributed by atoms with E-state index >= 15 is 0 Å². The zero-order valence-electron chi connectivity index (χ0n) is 19.7. The predicted octanol–water partition coefficient (Wildman–Crippen LogP) is 1.04. The molecule has 2 fully saturated rings. The quantitative estimate of drug-likeness (QED) is 0.147. The van der Waals surface area contributed by atoms with Gasteiger partial charge in [0.15, 0.2) is 6.17 Å². The molecule has 4 amide bonds. The van der Waals surface area contributed by atoms with Crippen molar-refractivity contribution in [3.05, 3.63) is 65.2 Å². The Morgan fingerprint density at radius 1 is 1.14 bits per heavy atom. The number of pyridine rings is 1. The van der Waals surface area contributed by atoms with Crippen molar-refractivity contribution in [2.45, 2.75) is 49.6 Å². The second kappa shape index (κ2) is 10.5. The minimum atomic E-state index is -1.53. The van der Waals surface area contributed by atoms with Gasteiger partial charge in [-0.3, -0.25) is 14.6 Å². The molecule has 1 saturated heterocycles. The lowest BCUT2D eigenvalue weighted by atomic mass is 10.0. The lowest BCUT2D eigenvalue weighted by Crippen LogP contribution is -2.59. The van der Waals surface area contributed by atoms with Crippen LogP contribution in [0.15, 0.2) is 42.5 Å². The number of carbonyl (C=O) groups is 3. The zero-order valence-corrected chi connectivity index (χ0v) is 19.7. The summed E-state index contributed by atoms with van der Waals surface area (Å²) in [6, 6.07) is 9.34. The van der Waals surface area contributed by atoms with Crippen LogP contribution in [0.5, 0.6) is 0 Å². The Hall–Kier alpha value is -3.64. The Labute approximate surface area is 207 Å². The van der Waals surface area contributed by atoms with E-state index in [9.17, 15) is 23.2 Å². The largest absolute Gasteiger partial charge is 0.342 e. The molecule has 1 aromatic carbocycles. The van der Waals surface area contributed by atoms with E-state index in [2.05, 4.69) is 15.6 Å². The number of alkyl halides is 1. The van der Waals surface area contributed by atoms with Crippen LogP contribution in [0.3, 0.4) is 0 Å². The molecule has 36 heavy (non-hydrogen) atoms. The number of nitrogens with two attached hydrogens (primary N) is 2. The first-order valence-electron chi connectivity index (χ1n) is 11.7. The van der Waals surface area contributed by atoms with Gasteiger partial charge in [-0.05, 0) is 30.4 Å². The Kier molecular flexibility index (Phi) is 7.45. The summed E-state index contributed by atoms with van der Waals surface area (Å²) in [5.41, 5.74) is 7.24. The molecule has 0 radical (unpaired) electrons. The van der Waals surface area contributed by atoms with Gasteiger partial charge in [-0.25, -0.2) is 20.0 Å². The average molecular weight is 502 g/mol. The summed E-state index contributed by atoms with van der Waals surface area (Å²) in [6.45, 7) is -0.363. The molecule has 0 bridgehead atoms. The molecule has 12 heteroatoms. The number of hydrogen-bond acceptors (Lipinski definition) is 6. The zero-order chi connectivity index (χ0) is 26.0. The summed E-state index contributed by atoms with van der Waals surface area (Å²) in [5.74, 6) is 3.42. The molecule has 0 unspecified atom stereocenters. The normalized spacial score (nSPS) is 21.0. The number of nitrogens with one attached hydrogen (secondary N) is 2. The van der Waals surface area contributed by atoms with Crippen molar-refractivity contribution in [1.82, 2.24) is 25.5 Å². The van der Waals surface area contributed by atoms with Crippen LogP contribution in [-0.4, -0.2) is 64.7 Å². The van der Waals surface area contributed by atoms with Gasteiger partial charge in [0.1, 0.15) is 12.2 Å². The Balaban J connectivity index is 1.55. The van der Waals surface area contributed by atoms with Gasteiger partial charge in [0.05, 0.1) is 18.3 Å². The summed E-state index contributed by atoms with van der Waals surface area (Å²) in [6.07, 6.45) is -1.42. The van der Waals surface area contributed by atoms with E-state index < -0.39 is 48.2 Å². The molecule has 2 aliphatic rings. The summed E-state index contributed by atoms with van der Waals surface area (Å²) >= 11 is 0. The fraction of sp³-hybridized carbons (Fsp3) is 0.417. The molecule has 6 N–H and O–H groups in total. The van der Waals surface area contributed by atoms with Crippen LogP contribution in [0, 0.1) is 5.95 Å². The smallest absolute Gasteiger partial charge is 0.332 e. The number of carbonyl (C=O) groups excluding carboxylic acids is 3. The Bertz CT molecular complexity index is 1130. The molecule has 4 atom stereocenters. The first kappa shape index (κ1) is 25.5. The number of rotatable bonds is 7. The van der Waals surface area contributed by atoms with Crippen molar-refractivity contribution in [3.8, 4) is 0 Å². The second-order valence-corrected chi connectivity index (χ2v) is 9.12. The van der Waals surface area contributed by atoms with Crippen molar-refractivity contribution in [2.75, 3.05) is 13.6 Å². The first-order chi connectivity index (χ1) is 17.2. The van der Waals surface area contributed by atoms with Crippen LogP contribution in [0.25, 0.3) is 0 Å². The first-order valence-corrected chi connectivity index (χ1v) is 11.7. The maximum Gasteiger partial charge on any atom is 0.332 e. The standard InChI is InChI=1S/C24H29F2N7O3/c1-32(28)24(36)31-21(27)23(35)33-12-15(25)11-18(33)22(34)30-19(14-5-3-2-4-6-14)17-10-9-16(13-7-8-13)20(26)29-17/h2-6,9-10,13,15,18-19,21H,7-8,11-12,27-28H2,1H3,(H,30,34)(H,31,36)/t15-,18+,19+,21+/m1/s1. The molecule has 1 aromatic heterocycles. The van der Waals surface area contributed by atoms with Crippen LogP contribution in [-0.2, 0) is 9.59 Å². The van der Waals surface area contributed by atoms with Gasteiger partial charge in [-0.1, -0.05) is 36.4 Å². The summed E-state index contributed by atoms with van der Waals surface area (Å²) in [5, 5.41) is 5.69. The van der Waals surface area contributed by atoms with Crippen molar-refractivity contribution in [1.29, 1.82) is 0 Å². The number of hydrazine groups is 1. The van der Waals surface area contributed by atoms with Crippen molar-refractivity contribution < 1.29 is 23.2 Å². The minimum Gasteiger partial charge on any atom is -0.342 e. The molecule has 2 aromatic rings. The third-order valence-electron chi connectivity index (χ3n) is 6.33. The van der Waals surface area contributed by atoms with Gasteiger partial charge in [0, 0.05) is 19.0 Å². The van der Waals surface area contributed by atoms with E-state index in [0.717, 1.165) is 17.7 Å². The Morgan fingerprint density at radius 2 is 1.83 bits per heavy atom. The highest BCUT2D eigenvalue weighted by Crippen LogP contribution is 2.41. The topological polar surface area (TPSA) is 147 Å². The van der Waals surface area contributed by atoms with E-state index in [1.807, 2.05) is 0 Å². The van der Waals surface area contributed by atoms with Gasteiger partial charge < -0.3 is 21.3 Å². The average Bonchev–Trinajstić information content (AvgIpc) is 3.62. The van der Waals surface area contributed by atoms with Gasteiger partial charge in [0.2, 0.25) is 11.9 Å². The highest BCUT2D eigenvalue weighted by atomic mass is 19.1. The van der Waals surface area contributed by atoms with Gasteiger partial charge in [-0.15, -0.1) is 0 Å². The van der Waals surface area contributed by atoms with E-state index in [1.54, 1.807) is 42.5 Å². The summed E-state index contributed by atoms with van der Waals surface area (Å²) < 4.78 is 29.1. The fourth-order valence-electron chi connectivity index (χ4n) is 4.28. The van der Waals surface area contributed by atoms with Crippen LogP contribution < -0.4 is 22.2 Å². The third kappa shape index (κ3) is 5.60. The number of amides is 4. The van der Waals surface area contributed by atoms with E-state index in [-0.39, 0.29) is 24.6 Å². The van der Waals surface area contributed by atoms with E-state index in [4.69, 9.17) is 11.6 Å². The van der Waals surface area contributed by atoms with Crippen molar-refractivity contribution in [3.63, 3.8) is 0 Å². The van der Waals surface area contributed by atoms with Crippen LogP contribution >= 0.6 is 0 Å². The van der Waals surface area contributed by atoms with Crippen LogP contribution in [0.1, 0.15) is 48.0 Å². The van der Waals surface area contributed by atoms with E-state index in [0.29, 0.717) is 16.1 Å². The summed E-state index contributed by atoms with van der Waals surface area (Å²) in [7, 11) is 1.26. The molecule has 1 saturated carbocycles. The maximum atomic E-state index is 14.7. The molecule has 4 rings (SSSR count). The van der Waals surface area contributed by atoms with E-state index in [1.165, 1.54) is 7.05 Å². The number of halogens is 2. The van der Waals surface area contributed by atoms with Crippen LogP contribution in [0.4, 0.5) is 13.6 Å². The SMILES string of the molecule is CN(N)C(=O)N[C@H](N)C(=O)N1C[C@H](F)C[C@H]1C(=O)N[C@@H](c1ccccc1)c1ccc(C2CC2)c(F)n1. The number of hydrogen-bond donors (Lipinski definition) is 4. The molecule has 192 valence electrons. The molecule has 1 aliphatic carbocycles. The number of urea groups is 1. The van der Waals surface area contributed by atoms with Gasteiger partial charge in [0.25, 0.3) is 5.91 Å². The Morgan fingerprint density at radius 3 is 2.44 bits per heavy atom. The van der Waals surface area contributed by atoms with Crippen LogP contribution in [0.2, 0.25) is 0 Å². The van der Waals surface area contributed by atoms with Gasteiger partial charge >= 0.3 is 6.03 Å². The maximum absolute atomic E-state index is 14.7. The molecule has 10 nitrogen and oxygen atoms in total. The lowest BCUT2D eigenvalue weighted by Gasteiger charge is -2.28. The monoisotopic (exact) mass is 501 g/mol. The van der Waals surface area contributed by atoms with Crippen molar-refractivity contribution in [2.24, 2.45) is 11.6 Å². The van der Waals surface area contributed by atoms with Gasteiger partial charge in [-0.2, -0.15) is 4.39 Å². The molecule has 2 heterocycles. The highest BCUT2D eigenvalue weighted by Gasteiger charge is 2.42. The summed E-state index contributed by atoms with van der Waals surface area (Å²) in [4.78, 5) is 43.1. The highest BCUT2D eigenvalue weighted by molar-refractivity contribution is 5.92. The number of nitrogens with zero attached hydrogens (tertiary/aromatic N) is 3. The van der Waals surface area contributed by atoms with Crippen molar-refractivity contribution >= 4 is 17.8 Å². The number of likely N-dealkylation sites (tertiary alicyclic amines) is 1. The third-order valence-corrected chi connectivity index (χ3v) is 6.33. The lowest BCUT2D eigenvalue weighted by molar-refractivity contribution is -0.140. The second-order valence-electron chi connectivity index (χ2n) is 9.12.